The van der Waals surface area contributed by atoms with Gasteiger partial charge in [-0.2, -0.15) is 0 Å². The molecule has 5 heteroatoms. The molecule has 0 amide bonds. The largest absolute Gasteiger partial charge is 0.320 e. The first kappa shape index (κ1) is 9.13. The summed E-state index contributed by atoms with van der Waals surface area (Å²) in [6.07, 6.45) is 0. The zero-order chi connectivity index (χ0) is 7.28. The van der Waals surface area contributed by atoms with Gasteiger partial charge in [-0.25, -0.2) is 0 Å². The van der Waals surface area contributed by atoms with E-state index in [9.17, 15) is 9.32 Å². The van der Waals surface area contributed by atoms with E-state index in [1.807, 2.05) is 19.0 Å². The third-order valence-electron chi connectivity index (χ3n) is 0.705. The molecule has 0 saturated carbocycles. The fourth-order valence-electron chi connectivity index (χ4n) is 0.280. The van der Waals surface area contributed by atoms with Crippen LogP contribution in [0.4, 0.5) is 0 Å². The van der Waals surface area contributed by atoms with Crippen molar-refractivity contribution >= 4 is 0 Å². The molecule has 0 aliphatic carbocycles. The topological polar surface area (TPSA) is 58.6 Å². The summed E-state index contributed by atoms with van der Waals surface area (Å²) < 4.78 is 23.6. The molecule has 0 spiro atoms. The quantitative estimate of drug-likeness (QED) is 0.456. The lowest BCUT2D eigenvalue weighted by Crippen LogP contribution is -2.36. The van der Waals surface area contributed by atoms with Gasteiger partial charge in [0.05, 0.1) is 0 Å². The van der Waals surface area contributed by atoms with Gasteiger partial charge in [-0.15, -0.1) is 0 Å². The molecule has 0 aliphatic heterocycles. The lowest BCUT2D eigenvalue weighted by molar-refractivity contribution is -1.63. The van der Waals surface area contributed by atoms with Crippen LogP contribution in [-0.4, -0.2) is 32.1 Å². The first-order chi connectivity index (χ1) is 4.13. The predicted molar refractivity (Wildman–Crippen MR) is 24.5 cm³/mol. The van der Waals surface area contributed by atoms with Crippen LogP contribution in [0.3, 0.4) is 0 Å². The van der Waals surface area contributed by atoms with Crippen molar-refractivity contribution < 1.29 is 24.4 Å². The van der Waals surface area contributed by atoms with Gasteiger partial charge in [-0.3, -0.25) is 0 Å². The fourth-order valence-corrected chi connectivity index (χ4v) is 0.475. The molecule has 0 aromatic heterocycles. The van der Waals surface area contributed by atoms with Crippen LogP contribution >= 0.6 is 0 Å². The van der Waals surface area contributed by atoms with Crippen molar-refractivity contribution in [2.75, 3.05) is 27.2 Å². The van der Waals surface area contributed by atoms with E-state index in [1.165, 1.54) is 0 Å². The molecular formula is C4H10ClNO3. The van der Waals surface area contributed by atoms with Gasteiger partial charge in [0.1, 0.15) is 0 Å². The first-order valence-corrected chi connectivity index (χ1v) is 3.39. The van der Waals surface area contributed by atoms with Gasteiger partial charge in [0, 0.05) is 10.8 Å². The van der Waals surface area contributed by atoms with Gasteiger partial charge in [-0.05, 0) is 14.1 Å². The molecule has 0 bridgehead atoms. The van der Waals surface area contributed by atoms with Crippen molar-refractivity contribution in [3.05, 3.63) is 0 Å². The van der Waals surface area contributed by atoms with Crippen molar-refractivity contribution in [2.45, 2.75) is 0 Å². The SMILES string of the molecule is CN(C)CCO[Cl+2]([O-])[O-]. The fraction of sp³-hybridized carbons (Fsp3) is 1.00. The second-order valence-corrected chi connectivity index (χ2v) is 2.40. The molecule has 56 valence electrons. The summed E-state index contributed by atoms with van der Waals surface area (Å²) in [6.45, 7) is 0.819. The Kier molecular flexibility index (Phi) is 5.03. The molecule has 0 saturated heterocycles. The molecular weight excluding hydrogens is 146 g/mol. The van der Waals surface area contributed by atoms with Crippen LogP contribution in [-0.2, 0) is 4.29 Å². The van der Waals surface area contributed by atoms with E-state index in [1.54, 1.807) is 0 Å². The number of rotatable bonds is 4. The average Bonchev–Trinajstić information content (AvgIpc) is 1.63. The van der Waals surface area contributed by atoms with Crippen molar-refractivity contribution in [1.29, 1.82) is 0 Å². The minimum atomic E-state index is -2.06. The number of hydrogen-bond acceptors (Lipinski definition) is 4. The third-order valence-corrected chi connectivity index (χ3v) is 1.04. The zero-order valence-electron chi connectivity index (χ0n) is 5.46. The van der Waals surface area contributed by atoms with Crippen LogP contribution < -0.4 is 9.32 Å². The molecule has 9 heavy (non-hydrogen) atoms. The molecule has 0 N–H and O–H groups in total. The van der Waals surface area contributed by atoms with Gasteiger partial charge < -0.3 is 14.2 Å². The van der Waals surface area contributed by atoms with Crippen LogP contribution in [0.1, 0.15) is 0 Å². The third kappa shape index (κ3) is 8.13. The minimum Gasteiger partial charge on any atom is -0.320 e. The highest BCUT2D eigenvalue weighted by atomic mass is 35.6. The van der Waals surface area contributed by atoms with Gasteiger partial charge in [0.25, 0.3) is 10.8 Å². The monoisotopic (exact) mass is 155 g/mol. The smallest absolute Gasteiger partial charge is 0.285 e. The standard InChI is InChI=1S/C4H10ClNO3/c1-6(2)3-4-9-5(7)8/h3-4H2,1-2H3. The Morgan fingerprint density at radius 3 is 2.33 bits per heavy atom. The van der Waals surface area contributed by atoms with Crippen LogP contribution in [0, 0.1) is 10.8 Å². The summed E-state index contributed by atoms with van der Waals surface area (Å²) in [5, 5.41) is 0. The molecule has 0 heterocycles. The normalized spacial score (nSPS) is 11.3. The molecule has 4 nitrogen and oxygen atoms in total. The van der Waals surface area contributed by atoms with Gasteiger partial charge >= 0.3 is 0 Å². The Hall–Kier alpha value is 0.130. The summed E-state index contributed by atoms with van der Waals surface area (Å²) in [4.78, 5) is 1.83. The Morgan fingerprint density at radius 1 is 1.44 bits per heavy atom. The van der Waals surface area contributed by atoms with E-state index in [0.717, 1.165) is 0 Å². The van der Waals surface area contributed by atoms with Crippen molar-refractivity contribution in [2.24, 2.45) is 0 Å². The summed E-state index contributed by atoms with van der Waals surface area (Å²) >= 11 is 0. The molecule has 0 radical (unpaired) electrons. The number of nitrogens with zero attached hydrogens (tertiary/aromatic N) is 1. The first-order valence-electron chi connectivity index (χ1n) is 2.46. The highest BCUT2D eigenvalue weighted by Crippen LogP contribution is 1.79. The summed E-state index contributed by atoms with van der Waals surface area (Å²) in [7, 11) is 1.62. The predicted octanol–water partition coefficient (Wildman–Crippen LogP) is -2.35. The second-order valence-electron chi connectivity index (χ2n) is 1.81. The molecule has 0 unspecified atom stereocenters. The molecule has 0 aliphatic rings. The van der Waals surface area contributed by atoms with E-state index in [-0.39, 0.29) is 6.61 Å². The lowest BCUT2D eigenvalue weighted by atomic mass is 10.6. The van der Waals surface area contributed by atoms with Crippen molar-refractivity contribution in [3.63, 3.8) is 0 Å². The molecule has 0 rings (SSSR count). The Morgan fingerprint density at radius 2 is 2.00 bits per heavy atom. The Bertz CT molecular complexity index is 60.8. The molecule has 0 aromatic carbocycles. The maximum Gasteiger partial charge on any atom is 0.285 e. The van der Waals surface area contributed by atoms with Crippen molar-refractivity contribution in [1.82, 2.24) is 4.90 Å². The van der Waals surface area contributed by atoms with Crippen LogP contribution in [0.25, 0.3) is 0 Å². The Balaban J connectivity index is 2.91. The average molecular weight is 156 g/mol. The Labute approximate surface area is 57.4 Å². The van der Waals surface area contributed by atoms with Gasteiger partial charge in [0.15, 0.2) is 6.61 Å². The second kappa shape index (κ2) is 4.96. The van der Waals surface area contributed by atoms with Crippen molar-refractivity contribution in [3.8, 4) is 0 Å². The number of halogens is 1. The lowest BCUT2D eigenvalue weighted by Gasteiger charge is -2.04. The maximum absolute atomic E-state index is 9.70. The van der Waals surface area contributed by atoms with Crippen LogP contribution in [0.5, 0.6) is 0 Å². The van der Waals surface area contributed by atoms with E-state index in [0.29, 0.717) is 6.54 Å². The maximum atomic E-state index is 9.70. The van der Waals surface area contributed by atoms with E-state index >= 15 is 0 Å². The molecule has 0 aromatic rings. The van der Waals surface area contributed by atoms with E-state index < -0.39 is 10.8 Å². The summed E-state index contributed by atoms with van der Waals surface area (Å²) in [5.41, 5.74) is 0. The van der Waals surface area contributed by atoms with Crippen LogP contribution in [0.15, 0.2) is 0 Å². The van der Waals surface area contributed by atoms with E-state index in [2.05, 4.69) is 4.29 Å². The molecule has 0 fully saturated rings. The minimum absolute atomic E-state index is 0.209. The number of likely N-dealkylation sites (N-methyl/N-ethyl adjacent to an activating group) is 1. The summed E-state index contributed by atoms with van der Waals surface area (Å²) in [5.74, 6) is 0. The zero-order valence-corrected chi connectivity index (χ0v) is 6.22. The molecule has 0 atom stereocenters. The number of hydrogen-bond donors (Lipinski definition) is 0. The van der Waals surface area contributed by atoms with Gasteiger partial charge in [-0.1, -0.05) is 0 Å². The van der Waals surface area contributed by atoms with Crippen LogP contribution in [0.2, 0.25) is 0 Å². The highest BCUT2D eigenvalue weighted by Gasteiger charge is 2.04. The van der Waals surface area contributed by atoms with E-state index in [4.69, 9.17) is 0 Å². The van der Waals surface area contributed by atoms with Gasteiger partial charge in [0.2, 0.25) is 0 Å². The summed E-state index contributed by atoms with van der Waals surface area (Å²) in [6, 6.07) is 0. The highest BCUT2D eigenvalue weighted by molar-refractivity contribution is 4.35.